The van der Waals surface area contributed by atoms with Crippen molar-refractivity contribution in [2.75, 3.05) is 38.3 Å². The molecule has 1 aromatic carbocycles. The van der Waals surface area contributed by atoms with Crippen molar-refractivity contribution in [3.05, 3.63) is 42.6 Å². The van der Waals surface area contributed by atoms with E-state index in [1.54, 1.807) is 23.9 Å². The molecule has 4 rings (SSSR count). The van der Waals surface area contributed by atoms with Crippen molar-refractivity contribution in [1.29, 1.82) is 0 Å². The largest absolute Gasteiger partial charge is 0.475 e. The van der Waals surface area contributed by atoms with Gasteiger partial charge in [-0.1, -0.05) is 6.07 Å². The first-order chi connectivity index (χ1) is 14.6. The molecule has 0 saturated carbocycles. The first-order valence-electron chi connectivity index (χ1n) is 10.1. The smallest absolute Gasteiger partial charge is 0.231 e. The number of furan rings is 1. The molecule has 0 spiro atoms. The Morgan fingerprint density at radius 3 is 2.90 bits per heavy atom. The van der Waals surface area contributed by atoms with E-state index in [1.807, 2.05) is 31.2 Å². The number of anilines is 1. The number of hydrogen-bond acceptors (Lipinski definition) is 7. The van der Waals surface area contributed by atoms with Crippen LogP contribution in [0.4, 0.5) is 5.69 Å². The highest BCUT2D eigenvalue weighted by molar-refractivity contribution is 5.94. The van der Waals surface area contributed by atoms with Crippen molar-refractivity contribution in [1.82, 2.24) is 14.6 Å². The lowest BCUT2D eigenvalue weighted by Crippen LogP contribution is -2.26. The van der Waals surface area contributed by atoms with Crippen LogP contribution in [0.25, 0.3) is 28.1 Å². The topological polar surface area (TPSA) is 91.0 Å². The van der Waals surface area contributed by atoms with Gasteiger partial charge in [-0.25, -0.2) is 9.50 Å². The fourth-order valence-corrected chi connectivity index (χ4v) is 3.42. The number of fused-ring (bicyclic) bond motifs is 2. The molecule has 0 aliphatic rings. The minimum Gasteiger partial charge on any atom is -0.475 e. The van der Waals surface area contributed by atoms with E-state index in [4.69, 9.17) is 19.6 Å². The van der Waals surface area contributed by atoms with Crippen molar-refractivity contribution in [2.45, 2.75) is 19.9 Å². The Morgan fingerprint density at radius 1 is 1.27 bits per heavy atom. The molecule has 8 nitrogen and oxygen atoms in total. The fourth-order valence-electron chi connectivity index (χ4n) is 3.42. The number of rotatable bonds is 9. The fraction of sp³-hybridized carbons (Fsp3) is 0.364. The number of nitrogens with zero attached hydrogens (tertiary/aromatic N) is 4. The van der Waals surface area contributed by atoms with E-state index in [9.17, 15) is 0 Å². The molecule has 0 fully saturated rings. The molecule has 4 aromatic rings. The lowest BCUT2D eigenvalue weighted by molar-refractivity contribution is 0.205. The second kappa shape index (κ2) is 8.73. The Hall–Kier alpha value is -3.10. The van der Waals surface area contributed by atoms with Crippen molar-refractivity contribution in [3.8, 4) is 17.3 Å². The number of aromatic nitrogens is 3. The van der Waals surface area contributed by atoms with E-state index in [2.05, 4.69) is 28.0 Å². The molecule has 0 aliphatic carbocycles. The van der Waals surface area contributed by atoms with Crippen LogP contribution in [0.5, 0.6) is 5.88 Å². The minimum atomic E-state index is -0.0711. The molecule has 1 atom stereocenters. The highest BCUT2D eigenvalue weighted by Gasteiger charge is 2.17. The summed E-state index contributed by atoms with van der Waals surface area (Å²) in [6.45, 7) is 6.76. The molecule has 158 valence electrons. The molecule has 0 bridgehead atoms. The van der Waals surface area contributed by atoms with Crippen LogP contribution in [0.2, 0.25) is 0 Å². The van der Waals surface area contributed by atoms with Crippen molar-refractivity contribution in [2.24, 2.45) is 5.73 Å². The lowest BCUT2D eigenvalue weighted by atomic mass is 10.2. The molecule has 0 amide bonds. The van der Waals surface area contributed by atoms with E-state index >= 15 is 0 Å². The van der Waals surface area contributed by atoms with Crippen LogP contribution in [0.3, 0.4) is 0 Å². The van der Waals surface area contributed by atoms with Gasteiger partial charge >= 0.3 is 0 Å². The van der Waals surface area contributed by atoms with Crippen LogP contribution < -0.4 is 15.4 Å². The Morgan fingerprint density at radius 2 is 2.13 bits per heavy atom. The maximum Gasteiger partial charge on any atom is 0.231 e. The summed E-state index contributed by atoms with van der Waals surface area (Å²) in [5.41, 5.74) is 9.19. The zero-order chi connectivity index (χ0) is 21.1. The molecule has 2 N–H and O–H groups in total. The van der Waals surface area contributed by atoms with E-state index in [1.165, 1.54) is 0 Å². The van der Waals surface area contributed by atoms with Gasteiger partial charge in [0.15, 0.2) is 11.4 Å². The normalized spacial score (nSPS) is 12.5. The maximum atomic E-state index is 6.18. The molecule has 3 heterocycles. The number of nitrogens with two attached hydrogens (primary N) is 1. The Bertz CT molecular complexity index is 1130. The summed E-state index contributed by atoms with van der Waals surface area (Å²) >= 11 is 0. The monoisotopic (exact) mass is 409 g/mol. The number of hydrogen-bond donors (Lipinski definition) is 1. The van der Waals surface area contributed by atoms with Gasteiger partial charge in [-0.05, 0) is 38.1 Å². The van der Waals surface area contributed by atoms with E-state index in [0.29, 0.717) is 30.5 Å². The predicted octanol–water partition coefficient (Wildman–Crippen LogP) is 3.34. The van der Waals surface area contributed by atoms with Gasteiger partial charge in [0.05, 0.1) is 12.8 Å². The zero-order valence-electron chi connectivity index (χ0n) is 17.5. The van der Waals surface area contributed by atoms with Crippen LogP contribution in [-0.4, -0.2) is 54.1 Å². The van der Waals surface area contributed by atoms with Crippen molar-refractivity contribution in [3.63, 3.8) is 0 Å². The standard InChI is InChI=1S/C22H27N5O3/c1-4-26(10-11-28-3)17-6-5-7-19-16(17)12-20(30-19)18-13-24-21-8-9-22(25-27(18)21)29-14-15(2)23/h5-9,12-13,15H,4,10-11,14,23H2,1-3H3. The third kappa shape index (κ3) is 3.96. The summed E-state index contributed by atoms with van der Waals surface area (Å²) in [7, 11) is 1.72. The summed E-state index contributed by atoms with van der Waals surface area (Å²) in [5, 5.41) is 5.60. The number of methoxy groups -OCH3 is 1. The van der Waals surface area contributed by atoms with Gasteiger partial charge in [0.1, 0.15) is 17.9 Å². The van der Waals surface area contributed by atoms with Gasteiger partial charge in [0.25, 0.3) is 0 Å². The molecule has 0 aliphatic heterocycles. The summed E-state index contributed by atoms with van der Waals surface area (Å²) in [4.78, 5) is 6.72. The van der Waals surface area contributed by atoms with Crippen LogP contribution in [0.15, 0.2) is 47.0 Å². The Labute approximate surface area is 175 Å². The molecule has 0 radical (unpaired) electrons. The molecule has 3 aromatic heterocycles. The maximum absolute atomic E-state index is 6.18. The van der Waals surface area contributed by atoms with Crippen molar-refractivity contribution >= 4 is 22.3 Å². The highest BCUT2D eigenvalue weighted by atomic mass is 16.5. The third-order valence-electron chi connectivity index (χ3n) is 4.91. The predicted molar refractivity (Wildman–Crippen MR) is 117 cm³/mol. The molecule has 8 heteroatoms. The number of imidazole rings is 1. The van der Waals surface area contributed by atoms with E-state index < -0.39 is 0 Å². The number of ether oxygens (including phenoxy) is 2. The molecular weight excluding hydrogens is 382 g/mol. The van der Waals surface area contributed by atoms with Crippen LogP contribution in [0.1, 0.15) is 13.8 Å². The first-order valence-corrected chi connectivity index (χ1v) is 10.1. The second-order valence-electron chi connectivity index (χ2n) is 7.25. The quantitative estimate of drug-likeness (QED) is 0.453. The Balaban J connectivity index is 1.73. The average molecular weight is 409 g/mol. The summed E-state index contributed by atoms with van der Waals surface area (Å²) in [6, 6.07) is 11.7. The second-order valence-corrected chi connectivity index (χ2v) is 7.25. The molecular formula is C22H27N5O3. The number of benzene rings is 1. The van der Waals surface area contributed by atoms with Crippen LogP contribution >= 0.6 is 0 Å². The van der Waals surface area contributed by atoms with Crippen LogP contribution in [-0.2, 0) is 4.74 Å². The molecule has 0 saturated heterocycles. The van der Waals surface area contributed by atoms with Gasteiger partial charge in [-0.3, -0.25) is 0 Å². The highest BCUT2D eigenvalue weighted by Crippen LogP contribution is 2.34. The van der Waals surface area contributed by atoms with Gasteiger partial charge < -0.3 is 24.5 Å². The van der Waals surface area contributed by atoms with Gasteiger partial charge in [0, 0.05) is 43.4 Å². The summed E-state index contributed by atoms with van der Waals surface area (Å²) in [6.07, 6.45) is 1.76. The van der Waals surface area contributed by atoms with Crippen LogP contribution in [0, 0.1) is 0 Å². The van der Waals surface area contributed by atoms with Gasteiger partial charge in [-0.2, -0.15) is 0 Å². The third-order valence-corrected chi connectivity index (χ3v) is 4.91. The molecule has 30 heavy (non-hydrogen) atoms. The van der Waals surface area contributed by atoms with Crippen molar-refractivity contribution < 1.29 is 13.9 Å². The lowest BCUT2D eigenvalue weighted by Gasteiger charge is -2.23. The van der Waals surface area contributed by atoms with E-state index in [0.717, 1.165) is 35.4 Å². The molecule has 1 unspecified atom stereocenters. The number of likely N-dealkylation sites (N-methyl/N-ethyl adjacent to an activating group) is 1. The Kier molecular flexibility index (Phi) is 5.87. The summed E-state index contributed by atoms with van der Waals surface area (Å²) in [5.74, 6) is 1.19. The van der Waals surface area contributed by atoms with Gasteiger partial charge in [-0.15, -0.1) is 5.10 Å². The summed E-state index contributed by atoms with van der Waals surface area (Å²) < 4.78 is 18.8. The minimum absolute atomic E-state index is 0.0711. The SMILES string of the molecule is CCN(CCOC)c1cccc2oc(-c3cnc4ccc(OCC(C)N)nn34)cc12. The van der Waals surface area contributed by atoms with E-state index in [-0.39, 0.29) is 6.04 Å². The van der Waals surface area contributed by atoms with Gasteiger partial charge in [0.2, 0.25) is 5.88 Å². The first kappa shape index (κ1) is 20.2. The zero-order valence-corrected chi connectivity index (χ0v) is 17.5. The average Bonchev–Trinajstić information content (AvgIpc) is 3.36.